The maximum atomic E-state index is 10.8. The molecule has 1 N–H and O–H groups in total. The molecule has 0 saturated heterocycles. The molecule has 1 saturated carbocycles. The van der Waals surface area contributed by atoms with Crippen molar-refractivity contribution in [1.29, 1.82) is 0 Å². The summed E-state index contributed by atoms with van der Waals surface area (Å²) in [6.45, 7) is 2.03. The van der Waals surface area contributed by atoms with Crippen LogP contribution in [0.25, 0.3) is 0 Å². The van der Waals surface area contributed by atoms with Crippen molar-refractivity contribution < 1.29 is 5.11 Å². The minimum Gasteiger partial charge on any atom is -0.382 e. The number of hydrogen-bond donors (Lipinski definition) is 2. The molecule has 4 rings (SSSR count). The van der Waals surface area contributed by atoms with Crippen LogP contribution in [0.15, 0.2) is 47.8 Å². The Morgan fingerprint density at radius 1 is 1.30 bits per heavy atom. The Kier molecular flexibility index (Phi) is 3.99. The minimum absolute atomic E-state index is 0.316. The maximum Gasteiger partial charge on any atom is 0.162 e. The van der Waals surface area contributed by atoms with E-state index in [1.54, 1.807) is 6.20 Å². The molecule has 0 spiro atoms. The maximum absolute atomic E-state index is 10.8. The highest BCUT2D eigenvalue weighted by atomic mass is 32.2. The highest BCUT2D eigenvalue weighted by Gasteiger charge is 2.32. The van der Waals surface area contributed by atoms with Crippen molar-refractivity contribution in [2.24, 2.45) is 10.9 Å². The number of hydrogen-bond acceptors (Lipinski definition) is 3. The van der Waals surface area contributed by atoms with Crippen molar-refractivity contribution in [1.82, 2.24) is 8.96 Å². The first-order valence-corrected chi connectivity index (χ1v) is 9.69. The molecule has 1 aromatic carbocycles. The van der Waals surface area contributed by atoms with Gasteiger partial charge in [0.25, 0.3) is 0 Å². The summed E-state index contributed by atoms with van der Waals surface area (Å²) >= 11 is -0.771. The number of thiol groups is 1. The lowest BCUT2D eigenvalue weighted by atomic mass is 9.95. The summed E-state index contributed by atoms with van der Waals surface area (Å²) in [6, 6.07) is 10.8. The first-order chi connectivity index (χ1) is 11.2. The molecule has 1 aromatic heterocycles. The second-order valence-electron chi connectivity index (χ2n) is 6.60. The van der Waals surface area contributed by atoms with Gasteiger partial charge in [0.2, 0.25) is 0 Å². The normalized spacial score (nSPS) is 29.3. The average Bonchev–Trinajstić information content (AvgIpc) is 3.24. The molecule has 23 heavy (non-hydrogen) atoms. The third-order valence-corrected chi connectivity index (χ3v) is 7.39. The summed E-state index contributed by atoms with van der Waals surface area (Å²) in [5, 5.41) is 11.9. The van der Waals surface area contributed by atoms with Crippen LogP contribution < -0.4 is 0 Å². The van der Waals surface area contributed by atoms with Gasteiger partial charge in [-0.3, -0.25) is 3.97 Å². The predicted molar refractivity (Wildman–Crippen MR) is 96.5 cm³/mol. The Labute approximate surface area is 139 Å². The molecule has 2 aromatic rings. The highest BCUT2D eigenvalue weighted by Crippen LogP contribution is 2.48. The fourth-order valence-electron chi connectivity index (χ4n) is 3.97. The van der Waals surface area contributed by atoms with Gasteiger partial charge in [-0.1, -0.05) is 30.3 Å². The molecule has 4 unspecified atom stereocenters. The number of imidazole rings is 1. The lowest BCUT2D eigenvalue weighted by Crippen LogP contribution is -2.18. The van der Waals surface area contributed by atoms with Crippen LogP contribution in [0.5, 0.6) is 0 Å². The van der Waals surface area contributed by atoms with E-state index in [4.69, 9.17) is 0 Å². The molecule has 1 aliphatic heterocycles. The van der Waals surface area contributed by atoms with Gasteiger partial charge in [-0.15, -0.1) is 11.1 Å². The van der Waals surface area contributed by atoms with E-state index >= 15 is 0 Å². The van der Waals surface area contributed by atoms with Crippen molar-refractivity contribution in [2.75, 3.05) is 0 Å². The molecule has 2 aliphatic rings. The number of nitrogens with zero attached hydrogens (tertiary/aromatic N) is 3. The molecule has 0 amide bonds. The highest BCUT2D eigenvalue weighted by molar-refractivity contribution is 8.29. The average molecular weight is 329 g/mol. The fourth-order valence-corrected chi connectivity index (χ4v) is 6.20. The monoisotopic (exact) mass is 329 g/mol. The second kappa shape index (κ2) is 6.13. The van der Waals surface area contributed by atoms with Crippen molar-refractivity contribution in [3.8, 4) is 0 Å². The molecule has 4 nitrogen and oxygen atoms in total. The van der Waals surface area contributed by atoms with Crippen LogP contribution in [0.3, 0.4) is 0 Å². The summed E-state index contributed by atoms with van der Waals surface area (Å²) in [7, 11) is 0. The molecule has 1 fully saturated rings. The van der Waals surface area contributed by atoms with Crippen LogP contribution in [-0.4, -0.2) is 24.5 Å². The number of fused-ring (bicyclic) bond motifs is 1. The molecule has 0 radical (unpaired) electrons. The lowest BCUT2D eigenvalue weighted by Gasteiger charge is -2.26. The van der Waals surface area contributed by atoms with E-state index in [9.17, 15) is 5.11 Å². The van der Waals surface area contributed by atoms with E-state index in [2.05, 4.69) is 44.3 Å². The van der Waals surface area contributed by atoms with Crippen LogP contribution in [0.2, 0.25) is 0 Å². The summed E-state index contributed by atoms with van der Waals surface area (Å²) < 4.78 is 2.07. The molecule has 1 aliphatic carbocycles. The summed E-state index contributed by atoms with van der Waals surface area (Å²) in [5.41, 5.74) is 1.13. The van der Waals surface area contributed by atoms with Crippen molar-refractivity contribution in [2.45, 2.75) is 44.0 Å². The Bertz CT molecular complexity index is 712. The summed E-state index contributed by atoms with van der Waals surface area (Å²) in [5.74, 6) is 2.16. The topological polar surface area (TPSA) is 50.4 Å². The van der Waals surface area contributed by atoms with Crippen LogP contribution in [-0.2, 0) is 0 Å². The molecular weight excluding hydrogens is 306 g/mol. The van der Waals surface area contributed by atoms with Crippen molar-refractivity contribution >= 4 is 21.9 Å². The number of benzene rings is 1. The Morgan fingerprint density at radius 2 is 2.13 bits per heavy atom. The van der Waals surface area contributed by atoms with Crippen LogP contribution in [0, 0.1) is 5.92 Å². The Hall–Kier alpha value is -1.59. The van der Waals surface area contributed by atoms with E-state index in [1.165, 1.54) is 24.8 Å². The number of aliphatic imine (C=N–C) groups is 1. The Balaban J connectivity index is 1.41. The molecular formula is C18H23N3OS. The van der Waals surface area contributed by atoms with E-state index < -0.39 is 11.1 Å². The lowest BCUT2D eigenvalue weighted by molar-refractivity contribution is 0.223. The summed E-state index contributed by atoms with van der Waals surface area (Å²) in [4.78, 5) is 8.69. The zero-order valence-electron chi connectivity index (χ0n) is 13.3. The van der Waals surface area contributed by atoms with Gasteiger partial charge in [0.05, 0.1) is 11.2 Å². The number of rotatable bonds is 4. The van der Waals surface area contributed by atoms with Crippen LogP contribution in [0.4, 0.5) is 5.82 Å². The molecule has 122 valence electrons. The van der Waals surface area contributed by atoms with E-state index in [-0.39, 0.29) is 5.44 Å². The first-order valence-electron chi connectivity index (χ1n) is 8.32. The van der Waals surface area contributed by atoms with Gasteiger partial charge in [-0.2, -0.15) is 0 Å². The molecule has 5 heteroatoms. The van der Waals surface area contributed by atoms with Crippen molar-refractivity contribution in [3.05, 3.63) is 48.4 Å². The number of aliphatic hydroxyl groups excluding tert-OH is 1. The van der Waals surface area contributed by atoms with Gasteiger partial charge in [0, 0.05) is 0 Å². The van der Waals surface area contributed by atoms with Crippen LogP contribution in [0.1, 0.15) is 44.1 Å². The van der Waals surface area contributed by atoms with E-state index in [1.807, 2.05) is 13.3 Å². The standard InChI is InChI=1S/C18H23N3OS/c1-13-20-17-11-19-12-21(17)23(13)18(22)10-14-7-8-16(9-14)15-5-3-2-4-6-15/h2-6,11-12,14,16,18,22-23H,7-10H2,1H3. The quantitative estimate of drug-likeness (QED) is 0.833. The summed E-state index contributed by atoms with van der Waals surface area (Å²) in [6.07, 6.45) is 8.11. The fraction of sp³-hybridized carbons (Fsp3) is 0.444. The largest absolute Gasteiger partial charge is 0.382 e. The molecule has 4 atom stereocenters. The van der Waals surface area contributed by atoms with Gasteiger partial charge in [-0.25, -0.2) is 9.98 Å². The van der Waals surface area contributed by atoms with Gasteiger partial charge in [0.15, 0.2) is 5.82 Å². The molecule has 0 bridgehead atoms. The van der Waals surface area contributed by atoms with E-state index in [0.717, 1.165) is 17.3 Å². The van der Waals surface area contributed by atoms with Crippen molar-refractivity contribution in [3.63, 3.8) is 0 Å². The minimum atomic E-state index is -0.771. The van der Waals surface area contributed by atoms with Crippen LogP contribution >= 0.6 is 11.1 Å². The predicted octanol–water partition coefficient (Wildman–Crippen LogP) is 4.00. The third-order valence-electron chi connectivity index (χ3n) is 5.08. The molecule has 2 heterocycles. The van der Waals surface area contributed by atoms with Gasteiger partial charge >= 0.3 is 0 Å². The second-order valence-corrected chi connectivity index (χ2v) is 8.97. The van der Waals surface area contributed by atoms with Gasteiger partial charge in [0.1, 0.15) is 11.8 Å². The smallest absolute Gasteiger partial charge is 0.162 e. The first kappa shape index (κ1) is 15.0. The zero-order chi connectivity index (χ0) is 15.8. The number of aliphatic hydroxyl groups is 1. The number of aromatic nitrogens is 2. The van der Waals surface area contributed by atoms with Gasteiger partial charge < -0.3 is 5.11 Å². The zero-order valence-corrected chi connectivity index (χ0v) is 14.2. The third kappa shape index (κ3) is 2.83. The Morgan fingerprint density at radius 3 is 2.96 bits per heavy atom. The van der Waals surface area contributed by atoms with E-state index in [0.29, 0.717) is 11.8 Å². The van der Waals surface area contributed by atoms with Gasteiger partial charge in [-0.05, 0) is 50.0 Å². The SMILES string of the molecule is CC1=Nc2cncn2[SH]1C(O)CC1CCC(c2ccccc2)C1.